The number of benzene rings is 1. The Labute approximate surface area is 146 Å². The van der Waals surface area contributed by atoms with Gasteiger partial charge in [-0.2, -0.15) is 5.26 Å². The summed E-state index contributed by atoms with van der Waals surface area (Å²) in [7, 11) is 0. The highest BCUT2D eigenvalue weighted by atomic mass is 35.5. The molecule has 2 amide bonds. The van der Waals surface area contributed by atoms with E-state index >= 15 is 0 Å². The number of nitriles is 1. The largest absolute Gasteiger partial charge is 0.391 e. The third-order valence-corrected chi connectivity index (χ3v) is 5.17. The van der Waals surface area contributed by atoms with Crippen molar-refractivity contribution in [1.82, 2.24) is 9.80 Å². The van der Waals surface area contributed by atoms with E-state index in [2.05, 4.69) is 10.2 Å². The number of hydrogen-bond donors (Lipinski definition) is 2. The summed E-state index contributed by atoms with van der Waals surface area (Å²) in [5.41, 5.74) is 0.969. The van der Waals surface area contributed by atoms with Crippen molar-refractivity contribution < 1.29 is 9.90 Å². The van der Waals surface area contributed by atoms with E-state index in [4.69, 9.17) is 16.9 Å². The minimum atomic E-state index is -0.230. The smallest absolute Gasteiger partial charge is 0.321 e. The van der Waals surface area contributed by atoms with Crippen LogP contribution in [0.2, 0.25) is 5.02 Å². The van der Waals surface area contributed by atoms with E-state index in [1.165, 1.54) is 0 Å². The van der Waals surface area contributed by atoms with Gasteiger partial charge in [-0.05, 0) is 37.5 Å². The van der Waals surface area contributed by atoms with Crippen LogP contribution in [0.1, 0.15) is 24.8 Å². The van der Waals surface area contributed by atoms with Crippen molar-refractivity contribution in [3.05, 3.63) is 28.8 Å². The van der Waals surface area contributed by atoms with E-state index in [1.807, 2.05) is 6.07 Å². The summed E-state index contributed by atoms with van der Waals surface area (Å²) in [5, 5.41) is 22.0. The first kappa shape index (κ1) is 17.0. The van der Waals surface area contributed by atoms with Crippen LogP contribution in [0.15, 0.2) is 18.2 Å². The second-order valence-electron chi connectivity index (χ2n) is 6.33. The minimum absolute atomic E-state index is 0.164. The lowest BCUT2D eigenvalue weighted by molar-refractivity contribution is 0.0447. The molecule has 2 fully saturated rings. The Bertz CT molecular complexity index is 652. The number of anilines is 1. The van der Waals surface area contributed by atoms with Crippen molar-refractivity contribution in [1.29, 1.82) is 5.26 Å². The van der Waals surface area contributed by atoms with Gasteiger partial charge in [0, 0.05) is 37.9 Å². The van der Waals surface area contributed by atoms with E-state index in [9.17, 15) is 9.90 Å². The number of hydrogen-bond acceptors (Lipinski definition) is 4. The predicted molar refractivity (Wildman–Crippen MR) is 92.0 cm³/mol. The van der Waals surface area contributed by atoms with Crippen molar-refractivity contribution in [3.63, 3.8) is 0 Å². The van der Waals surface area contributed by atoms with Crippen molar-refractivity contribution in [3.8, 4) is 6.07 Å². The molecule has 1 aromatic rings. The van der Waals surface area contributed by atoms with Gasteiger partial charge in [-0.1, -0.05) is 11.6 Å². The van der Waals surface area contributed by atoms with E-state index in [0.29, 0.717) is 29.4 Å². The molecule has 0 bridgehead atoms. The van der Waals surface area contributed by atoms with Gasteiger partial charge < -0.3 is 15.3 Å². The van der Waals surface area contributed by atoms with Crippen LogP contribution in [-0.4, -0.2) is 59.3 Å². The van der Waals surface area contributed by atoms with E-state index in [1.54, 1.807) is 23.1 Å². The number of carbonyl (C=O) groups excluding carboxylic acids is 1. The number of amides is 2. The highest BCUT2D eigenvalue weighted by Gasteiger charge is 2.33. The maximum absolute atomic E-state index is 12.4. The molecule has 2 aliphatic rings. The number of nitrogens with zero attached hydrogens (tertiary/aromatic N) is 3. The zero-order valence-electron chi connectivity index (χ0n) is 13.4. The average Bonchev–Trinajstić information content (AvgIpc) is 3.01. The number of piperazine rings is 1. The van der Waals surface area contributed by atoms with Crippen LogP contribution in [0.3, 0.4) is 0 Å². The summed E-state index contributed by atoms with van der Waals surface area (Å²) in [4.78, 5) is 16.4. The molecule has 1 saturated heterocycles. The summed E-state index contributed by atoms with van der Waals surface area (Å²) in [6.45, 7) is 2.84. The molecule has 2 atom stereocenters. The molecule has 1 saturated carbocycles. The van der Waals surface area contributed by atoms with Gasteiger partial charge >= 0.3 is 6.03 Å². The van der Waals surface area contributed by atoms with Crippen LogP contribution >= 0.6 is 11.6 Å². The average molecular weight is 349 g/mol. The topological polar surface area (TPSA) is 79.6 Å². The molecule has 1 heterocycles. The molecule has 0 radical (unpaired) electrons. The van der Waals surface area contributed by atoms with Gasteiger partial charge in [0.15, 0.2) is 0 Å². The fourth-order valence-corrected chi connectivity index (χ4v) is 3.71. The number of aliphatic hydroxyl groups excluding tert-OH is 1. The Kier molecular flexibility index (Phi) is 5.24. The monoisotopic (exact) mass is 348 g/mol. The fourth-order valence-electron chi connectivity index (χ4n) is 3.49. The molecule has 0 spiro atoms. The zero-order chi connectivity index (χ0) is 17.1. The number of aliphatic hydroxyl groups is 1. The molecule has 1 aliphatic carbocycles. The lowest BCUT2D eigenvalue weighted by Gasteiger charge is -2.39. The molecule has 24 heavy (non-hydrogen) atoms. The van der Waals surface area contributed by atoms with Gasteiger partial charge in [0.05, 0.1) is 16.7 Å². The number of rotatable bonds is 2. The Morgan fingerprint density at radius 3 is 2.62 bits per heavy atom. The Morgan fingerprint density at radius 1 is 1.29 bits per heavy atom. The quantitative estimate of drug-likeness (QED) is 0.859. The molecular weight excluding hydrogens is 328 g/mol. The van der Waals surface area contributed by atoms with Gasteiger partial charge in [0.1, 0.15) is 6.07 Å². The summed E-state index contributed by atoms with van der Waals surface area (Å²) in [6.07, 6.45) is 2.76. The van der Waals surface area contributed by atoms with Crippen LogP contribution in [-0.2, 0) is 0 Å². The van der Waals surface area contributed by atoms with Crippen LogP contribution in [0.25, 0.3) is 0 Å². The zero-order valence-corrected chi connectivity index (χ0v) is 14.2. The first-order chi connectivity index (χ1) is 11.6. The standard InChI is InChI=1S/C17H21ClN4O2/c18-14-10-13(5-4-12(14)11-19)20-17(24)22-8-6-21(7-9-22)15-2-1-3-16(15)23/h4-5,10,15-16,23H,1-3,6-9H2,(H,20,24)/t15-,16-/m1/s1. The second-order valence-corrected chi connectivity index (χ2v) is 6.73. The first-order valence-corrected chi connectivity index (χ1v) is 8.64. The number of nitrogens with one attached hydrogen (secondary N) is 1. The molecule has 7 heteroatoms. The van der Waals surface area contributed by atoms with Crippen LogP contribution in [0.5, 0.6) is 0 Å². The van der Waals surface area contributed by atoms with Crippen LogP contribution in [0, 0.1) is 11.3 Å². The molecule has 0 unspecified atom stereocenters. The van der Waals surface area contributed by atoms with E-state index in [-0.39, 0.29) is 18.2 Å². The molecule has 1 aliphatic heterocycles. The Hall–Kier alpha value is -1.81. The van der Waals surface area contributed by atoms with E-state index < -0.39 is 0 Å². The number of carbonyl (C=O) groups is 1. The predicted octanol–water partition coefficient (Wildman–Crippen LogP) is 2.27. The maximum atomic E-state index is 12.4. The van der Waals surface area contributed by atoms with Gasteiger partial charge in [-0.3, -0.25) is 4.90 Å². The molecule has 3 rings (SSSR count). The highest BCUT2D eigenvalue weighted by molar-refractivity contribution is 6.32. The van der Waals surface area contributed by atoms with Gasteiger partial charge in [-0.15, -0.1) is 0 Å². The third-order valence-electron chi connectivity index (χ3n) is 4.86. The highest BCUT2D eigenvalue weighted by Crippen LogP contribution is 2.25. The van der Waals surface area contributed by atoms with Crippen LogP contribution in [0.4, 0.5) is 10.5 Å². The normalized spacial score (nSPS) is 24.6. The number of urea groups is 1. The lowest BCUT2D eigenvalue weighted by atomic mass is 10.1. The van der Waals surface area contributed by atoms with Gasteiger partial charge in [0.2, 0.25) is 0 Å². The van der Waals surface area contributed by atoms with Crippen molar-refractivity contribution >= 4 is 23.3 Å². The molecule has 0 aromatic heterocycles. The summed E-state index contributed by atoms with van der Waals surface area (Å²) in [5.74, 6) is 0. The molecular formula is C17H21ClN4O2. The third kappa shape index (κ3) is 3.64. The van der Waals surface area contributed by atoms with Crippen molar-refractivity contribution in [2.75, 3.05) is 31.5 Å². The van der Waals surface area contributed by atoms with Crippen molar-refractivity contribution in [2.24, 2.45) is 0 Å². The summed E-state index contributed by atoms with van der Waals surface area (Å²) >= 11 is 5.99. The molecule has 1 aromatic carbocycles. The summed E-state index contributed by atoms with van der Waals surface area (Å²) < 4.78 is 0. The van der Waals surface area contributed by atoms with E-state index in [0.717, 1.165) is 32.4 Å². The number of halogens is 1. The molecule has 6 nitrogen and oxygen atoms in total. The first-order valence-electron chi connectivity index (χ1n) is 8.26. The SMILES string of the molecule is N#Cc1ccc(NC(=O)N2CCN([C@@H]3CCC[C@H]3O)CC2)cc1Cl. The minimum Gasteiger partial charge on any atom is -0.391 e. The second kappa shape index (κ2) is 7.39. The Balaban J connectivity index is 1.54. The van der Waals surface area contributed by atoms with Gasteiger partial charge in [-0.25, -0.2) is 4.79 Å². The molecule has 2 N–H and O–H groups in total. The van der Waals surface area contributed by atoms with Crippen molar-refractivity contribution in [2.45, 2.75) is 31.4 Å². The lowest BCUT2D eigenvalue weighted by Crippen LogP contribution is -2.54. The molecule has 128 valence electrons. The van der Waals surface area contributed by atoms with Crippen LogP contribution < -0.4 is 5.32 Å². The summed E-state index contributed by atoms with van der Waals surface area (Å²) in [6, 6.07) is 6.93. The maximum Gasteiger partial charge on any atom is 0.321 e. The Morgan fingerprint density at radius 2 is 2.04 bits per heavy atom. The fraction of sp³-hybridized carbons (Fsp3) is 0.529. The van der Waals surface area contributed by atoms with Gasteiger partial charge in [0.25, 0.3) is 0 Å².